The fourth-order valence-electron chi connectivity index (χ4n) is 2.58. The molecular weight excluding hydrogens is 263 g/mol. The molecule has 0 bridgehead atoms. The van der Waals surface area contributed by atoms with Crippen LogP contribution < -0.4 is 0 Å². The minimum atomic E-state index is -4.29. The molecule has 0 N–H and O–H groups in total. The molecule has 0 radical (unpaired) electrons. The van der Waals surface area contributed by atoms with Crippen LogP contribution in [0.3, 0.4) is 0 Å². The molecule has 20 heavy (non-hydrogen) atoms. The SMILES string of the molecule is Cc1c(CC(C)(C)C)c2cc(C(F)(F)F)ccc2n1C. The molecule has 0 aliphatic rings. The number of benzene rings is 1. The summed E-state index contributed by atoms with van der Waals surface area (Å²) in [6.45, 7) is 8.25. The first-order valence-corrected chi connectivity index (χ1v) is 6.66. The summed E-state index contributed by atoms with van der Waals surface area (Å²) >= 11 is 0. The predicted octanol–water partition coefficient (Wildman–Crippen LogP) is 5.09. The summed E-state index contributed by atoms with van der Waals surface area (Å²) in [5.74, 6) is 0. The predicted molar refractivity (Wildman–Crippen MR) is 75.8 cm³/mol. The lowest BCUT2D eigenvalue weighted by Gasteiger charge is -2.18. The molecule has 4 heteroatoms. The van der Waals surface area contributed by atoms with Crippen LogP contribution in [0.15, 0.2) is 18.2 Å². The molecule has 0 saturated heterocycles. The minimum absolute atomic E-state index is 0.0350. The van der Waals surface area contributed by atoms with Crippen molar-refractivity contribution in [3.05, 3.63) is 35.0 Å². The van der Waals surface area contributed by atoms with Gasteiger partial charge in [-0.25, -0.2) is 0 Å². The molecule has 0 unspecified atom stereocenters. The van der Waals surface area contributed by atoms with E-state index in [1.165, 1.54) is 6.07 Å². The lowest BCUT2D eigenvalue weighted by Crippen LogP contribution is -2.10. The third-order valence-corrected chi connectivity index (χ3v) is 3.66. The highest BCUT2D eigenvalue weighted by Crippen LogP contribution is 2.36. The van der Waals surface area contributed by atoms with Crippen LogP contribution in [0.25, 0.3) is 10.9 Å². The number of aryl methyl sites for hydroxylation is 1. The van der Waals surface area contributed by atoms with Crippen molar-refractivity contribution in [3.63, 3.8) is 0 Å². The smallest absolute Gasteiger partial charge is 0.348 e. The van der Waals surface area contributed by atoms with Gasteiger partial charge in [-0.15, -0.1) is 0 Å². The van der Waals surface area contributed by atoms with E-state index in [2.05, 4.69) is 20.8 Å². The van der Waals surface area contributed by atoms with Crippen molar-refractivity contribution in [1.29, 1.82) is 0 Å². The number of fused-ring (bicyclic) bond motifs is 1. The third-order valence-electron chi connectivity index (χ3n) is 3.66. The molecule has 0 saturated carbocycles. The average Bonchev–Trinajstić information content (AvgIpc) is 2.51. The summed E-state index contributed by atoms with van der Waals surface area (Å²) < 4.78 is 40.6. The van der Waals surface area contributed by atoms with Crippen LogP contribution in [0.4, 0.5) is 13.2 Å². The van der Waals surface area contributed by atoms with E-state index in [1.54, 1.807) is 6.07 Å². The van der Waals surface area contributed by atoms with E-state index < -0.39 is 11.7 Å². The molecule has 2 aromatic rings. The first-order valence-electron chi connectivity index (χ1n) is 6.66. The van der Waals surface area contributed by atoms with E-state index in [-0.39, 0.29) is 5.41 Å². The van der Waals surface area contributed by atoms with Crippen LogP contribution in [-0.2, 0) is 19.6 Å². The number of hydrogen-bond acceptors (Lipinski definition) is 0. The highest BCUT2D eigenvalue weighted by molar-refractivity contribution is 5.86. The van der Waals surface area contributed by atoms with E-state index in [9.17, 15) is 13.2 Å². The van der Waals surface area contributed by atoms with E-state index in [0.29, 0.717) is 0 Å². The zero-order valence-corrected chi connectivity index (χ0v) is 12.5. The Hall–Kier alpha value is -1.45. The lowest BCUT2D eigenvalue weighted by atomic mass is 9.87. The van der Waals surface area contributed by atoms with E-state index >= 15 is 0 Å². The number of hydrogen-bond donors (Lipinski definition) is 0. The Morgan fingerprint density at radius 2 is 1.70 bits per heavy atom. The van der Waals surface area contributed by atoms with Gasteiger partial charge in [-0.05, 0) is 42.5 Å². The number of alkyl halides is 3. The van der Waals surface area contributed by atoms with Gasteiger partial charge >= 0.3 is 6.18 Å². The van der Waals surface area contributed by atoms with Gasteiger partial charge in [-0.3, -0.25) is 0 Å². The molecule has 0 atom stereocenters. The van der Waals surface area contributed by atoms with Crippen LogP contribution in [0.2, 0.25) is 0 Å². The topological polar surface area (TPSA) is 4.93 Å². The summed E-state index contributed by atoms with van der Waals surface area (Å²) in [5.41, 5.74) is 2.36. The van der Waals surface area contributed by atoms with Crippen LogP contribution >= 0.6 is 0 Å². The standard InChI is InChI=1S/C16H20F3N/c1-10-13(9-15(2,3)4)12-8-11(16(17,18)19)6-7-14(12)20(10)5/h6-8H,9H2,1-5H3. The molecule has 0 spiro atoms. The van der Waals surface area contributed by atoms with Gasteiger partial charge in [0.05, 0.1) is 5.56 Å². The van der Waals surface area contributed by atoms with Gasteiger partial charge in [0.15, 0.2) is 0 Å². The number of halogens is 3. The Morgan fingerprint density at radius 1 is 1.10 bits per heavy atom. The van der Waals surface area contributed by atoms with Crippen LogP contribution in [0.5, 0.6) is 0 Å². The van der Waals surface area contributed by atoms with Crippen molar-refractivity contribution in [2.24, 2.45) is 12.5 Å². The second kappa shape index (κ2) is 4.54. The van der Waals surface area contributed by atoms with Gasteiger partial charge in [-0.1, -0.05) is 20.8 Å². The molecule has 1 aromatic heterocycles. The summed E-state index contributed by atoms with van der Waals surface area (Å²) in [4.78, 5) is 0. The summed E-state index contributed by atoms with van der Waals surface area (Å²) in [6, 6.07) is 4.00. The monoisotopic (exact) mass is 283 g/mol. The molecule has 110 valence electrons. The summed E-state index contributed by atoms with van der Waals surface area (Å²) in [7, 11) is 1.90. The van der Waals surface area contributed by atoms with Gasteiger partial charge in [0.1, 0.15) is 0 Å². The summed E-state index contributed by atoms with van der Waals surface area (Å²) in [6.07, 6.45) is -3.53. The first-order chi connectivity index (χ1) is 9.00. The van der Waals surface area contributed by atoms with E-state index in [0.717, 1.165) is 34.6 Å². The van der Waals surface area contributed by atoms with E-state index in [1.807, 2.05) is 18.5 Å². The molecular formula is C16H20F3N. The Labute approximate surface area is 117 Å². The quantitative estimate of drug-likeness (QED) is 0.686. The third kappa shape index (κ3) is 2.69. The molecule has 1 nitrogen and oxygen atoms in total. The zero-order chi connectivity index (χ0) is 15.3. The van der Waals surface area contributed by atoms with Crippen molar-refractivity contribution < 1.29 is 13.2 Å². The van der Waals surface area contributed by atoms with Crippen LogP contribution in [0.1, 0.15) is 37.6 Å². The van der Waals surface area contributed by atoms with Crippen LogP contribution in [0, 0.1) is 12.3 Å². The second-order valence-electron chi connectivity index (χ2n) is 6.59. The molecule has 0 aliphatic carbocycles. The van der Waals surface area contributed by atoms with Crippen molar-refractivity contribution >= 4 is 10.9 Å². The van der Waals surface area contributed by atoms with Gasteiger partial charge in [0.2, 0.25) is 0 Å². The number of nitrogens with zero attached hydrogens (tertiary/aromatic N) is 1. The molecule has 0 aliphatic heterocycles. The fourth-order valence-corrected chi connectivity index (χ4v) is 2.58. The highest BCUT2D eigenvalue weighted by atomic mass is 19.4. The second-order valence-corrected chi connectivity index (χ2v) is 6.59. The first kappa shape index (κ1) is 14.9. The zero-order valence-electron chi connectivity index (χ0n) is 12.5. The number of aromatic nitrogens is 1. The maximum absolute atomic E-state index is 12.9. The largest absolute Gasteiger partial charge is 0.416 e. The molecule has 0 amide bonds. The average molecular weight is 283 g/mol. The Morgan fingerprint density at radius 3 is 2.20 bits per heavy atom. The maximum Gasteiger partial charge on any atom is 0.416 e. The summed E-state index contributed by atoms with van der Waals surface area (Å²) in [5, 5.41) is 0.717. The molecule has 0 fully saturated rings. The highest BCUT2D eigenvalue weighted by Gasteiger charge is 2.31. The Kier molecular flexibility index (Phi) is 3.39. The van der Waals surface area contributed by atoms with Gasteiger partial charge in [0, 0.05) is 23.6 Å². The van der Waals surface area contributed by atoms with Crippen molar-refractivity contribution in [3.8, 4) is 0 Å². The number of rotatable bonds is 1. The van der Waals surface area contributed by atoms with Crippen molar-refractivity contribution in [2.75, 3.05) is 0 Å². The Bertz CT molecular complexity index is 642. The minimum Gasteiger partial charge on any atom is -0.348 e. The van der Waals surface area contributed by atoms with Crippen molar-refractivity contribution in [1.82, 2.24) is 4.57 Å². The van der Waals surface area contributed by atoms with Gasteiger partial charge in [-0.2, -0.15) is 13.2 Å². The lowest BCUT2D eigenvalue weighted by molar-refractivity contribution is -0.137. The normalized spacial score (nSPS) is 13.2. The van der Waals surface area contributed by atoms with Crippen LogP contribution in [-0.4, -0.2) is 4.57 Å². The Balaban J connectivity index is 2.69. The van der Waals surface area contributed by atoms with Gasteiger partial charge < -0.3 is 4.57 Å². The molecule has 2 rings (SSSR count). The van der Waals surface area contributed by atoms with E-state index in [4.69, 9.17) is 0 Å². The molecule has 1 aromatic carbocycles. The molecule has 1 heterocycles. The maximum atomic E-state index is 12.9. The fraction of sp³-hybridized carbons (Fsp3) is 0.500. The van der Waals surface area contributed by atoms with Crippen molar-refractivity contribution in [2.45, 2.75) is 40.3 Å². The van der Waals surface area contributed by atoms with Gasteiger partial charge in [0.25, 0.3) is 0 Å².